The van der Waals surface area contributed by atoms with E-state index in [0.717, 1.165) is 35.4 Å². The molecule has 1 aliphatic rings. The Morgan fingerprint density at radius 1 is 1.29 bits per heavy atom. The molecule has 1 unspecified atom stereocenters. The zero-order chi connectivity index (χ0) is 15.2. The van der Waals surface area contributed by atoms with E-state index < -0.39 is 0 Å². The van der Waals surface area contributed by atoms with E-state index in [4.69, 9.17) is 15.2 Å². The van der Waals surface area contributed by atoms with Crippen molar-refractivity contribution in [1.29, 1.82) is 0 Å². The Kier molecular flexibility index (Phi) is 6.37. The largest absolute Gasteiger partial charge is 0.490 e. The van der Waals surface area contributed by atoms with E-state index in [-0.39, 0.29) is 6.04 Å². The van der Waals surface area contributed by atoms with Crippen LogP contribution in [0.4, 0.5) is 0 Å². The van der Waals surface area contributed by atoms with Gasteiger partial charge < -0.3 is 15.2 Å². The molecule has 21 heavy (non-hydrogen) atoms. The highest BCUT2D eigenvalue weighted by Crippen LogP contribution is 2.38. The number of halogens is 1. The SMILES string of the molecule is CCOc1cc(CC(N)CC)cc(Br)c1OCC1CCC1. The average molecular weight is 356 g/mol. The van der Waals surface area contributed by atoms with Crippen molar-refractivity contribution in [3.05, 3.63) is 22.2 Å². The topological polar surface area (TPSA) is 44.5 Å². The first kappa shape index (κ1) is 16.6. The van der Waals surface area contributed by atoms with Crippen molar-refractivity contribution in [3.63, 3.8) is 0 Å². The summed E-state index contributed by atoms with van der Waals surface area (Å²) in [4.78, 5) is 0. The van der Waals surface area contributed by atoms with Crippen LogP contribution in [0.3, 0.4) is 0 Å². The molecule has 0 amide bonds. The molecule has 0 saturated heterocycles. The molecule has 1 aliphatic carbocycles. The number of nitrogens with two attached hydrogens (primary N) is 1. The fraction of sp³-hybridized carbons (Fsp3) is 0.647. The third-order valence-electron chi connectivity index (χ3n) is 4.08. The third-order valence-corrected chi connectivity index (χ3v) is 4.67. The Morgan fingerprint density at radius 3 is 2.62 bits per heavy atom. The Hall–Kier alpha value is -0.740. The van der Waals surface area contributed by atoms with Crippen LogP contribution in [0.2, 0.25) is 0 Å². The lowest BCUT2D eigenvalue weighted by atomic mass is 9.86. The zero-order valence-corrected chi connectivity index (χ0v) is 14.6. The zero-order valence-electron chi connectivity index (χ0n) is 13.0. The van der Waals surface area contributed by atoms with Crippen molar-refractivity contribution < 1.29 is 9.47 Å². The fourth-order valence-electron chi connectivity index (χ4n) is 2.45. The van der Waals surface area contributed by atoms with Crippen molar-refractivity contribution in [2.75, 3.05) is 13.2 Å². The molecule has 0 radical (unpaired) electrons. The minimum atomic E-state index is 0.188. The fourth-order valence-corrected chi connectivity index (χ4v) is 3.05. The summed E-state index contributed by atoms with van der Waals surface area (Å²) in [6.07, 6.45) is 5.73. The van der Waals surface area contributed by atoms with Crippen molar-refractivity contribution >= 4 is 15.9 Å². The standard InChI is InChI=1S/C17H26BrNO2/c1-3-14(19)8-13-9-15(18)17(16(10-13)20-4-2)21-11-12-6-5-7-12/h9-10,12,14H,3-8,11,19H2,1-2H3. The van der Waals surface area contributed by atoms with Crippen molar-refractivity contribution in [2.24, 2.45) is 11.7 Å². The summed E-state index contributed by atoms with van der Waals surface area (Å²) in [6.45, 7) is 5.52. The lowest BCUT2D eigenvalue weighted by Gasteiger charge is -2.26. The van der Waals surface area contributed by atoms with Gasteiger partial charge in [0.1, 0.15) is 0 Å². The summed E-state index contributed by atoms with van der Waals surface area (Å²) in [7, 11) is 0. The molecule has 4 heteroatoms. The van der Waals surface area contributed by atoms with Gasteiger partial charge in [0.25, 0.3) is 0 Å². The number of hydrogen-bond acceptors (Lipinski definition) is 3. The molecule has 3 nitrogen and oxygen atoms in total. The van der Waals surface area contributed by atoms with Crippen LogP contribution in [-0.4, -0.2) is 19.3 Å². The van der Waals surface area contributed by atoms with Crippen molar-refractivity contribution in [1.82, 2.24) is 0 Å². The summed E-state index contributed by atoms with van der Waals surface area (Å²) in [5.74, 6) is 2.36. The predicted octanol–water partition coefficient (Wildman–Crippen LogP) is 4.31. The first-order valence-electron chi connectivity index (χ1n) is 7.97. The van der Waals surface area contributed by atoms with Gasteiger partial charge in [-0.25, -0.2) is 0 Å². The van der Waals surface area contributed by atoms with E-state index >= 15 is 0 Å². The molecule has 0 aromatic heterocycles. The minimum Gasteiger partial charge on any atom is -0.490 e. The Labute approximate surface area is 136 Å². The van der Waals surface area contributed by atoms with E-state index in [1.165, 1.54) is 24.8 Å². The van der Waals surface area contributed by atoms with E-state index in [1.807, 2.05) is 6.92 Å². The molecule has 2 N–H and O–H groups in total. The average Bonchev–Trinajstić information content (AvgIpc) is 2.40. The molecule has 1 fully saturated rings. The van der Waals surface area contributed by atoms with Gasteiger partial charge in [0.15, 0.2) is 11.5 Å². The number of hydrogen-bond donors (Lipinski definition) is 1. The second-order valence-corrected chi connectivity index (χ2v) is 6.67. The number of ether oxygens (including phenoxy) is 2. The second kappa shape index (κ2) is 8.04. The summed E-state index contributed by atoms with van der Waals surface area (Å²) >= 11 is 3.62. The predicted molar refractivity (Wildman–Crippen MR) is 90.1 cm³/mol. The third kappa shape index (κ3) is 4.62. The number of benzene rings is 1. The van der Waals surface area contributed by atoms with Crippen LogP contribution in [0.1, 0.15) is 45.1 Å². The van der Waals surface area contributed by atoms with Gasteiger partial charge in [0.05, 0.1) is 17.7 Å². The smallest absolute Gasteiger partial charge is 0.175 e. The van der Waals surface area contributed by atoms with Gasteiger partial charge in [0, 0.05) is 6.04 Å². The van der Waals surface area contributed by atoms with Crippen molar-refractivity contribution in [2.45, 2.75) is 52.0 Å². The van der Waals surface area contributed by atoms with Gasteiger partial charge in [-0.15, -0.1) is 0 Å². The molecule has 1 atom stereocenters. The van der Waals surface area contributed by atoms with Crippen LogP contribution >= 0.6 is 15.9 Å². The monoisotopic (exact) mass is 355 g/mol. The van der Waals surface area contributed by atoms with Gasteiger partial charge in [-0.1, -0.05) is 13.3 Å². The van der Waals surface area contributed by atoms with Gasteiger partial charge in [-0.05, 0) is 72.2 Å². The first-order valence-corrected chi connectivity index (χ1v) is 8.76. The van der Waals surface area contributed by atoms with Crippen LogP contribution in [0.5, 0.6) is 11.5 Å². The molecule has 1 saturated carbocycles. The van der Waals surface area contributed by atoms with Crippen molar-refractivity contribution in [3.8, 4) is 11.5 Å². The van der Waals surface area contributed by atoms with E-state index in [2.05, 4.69) is 35.0 Å². The maximum absolute atomic E-state index is 6.05. The van der Waals surface area contributed by atoms with Crippen LogP contribution in [0.25, 0.3) is 0 Å². The molecule has 2 rings (SSSR count). The molecular formula is C17H26BrNO2. The molecular weight excluding hydrogens is 330 g/mol. The molecule has 0 heterocycles. The summed E-state index contributed by atoms with van der Waals surface area (Å²) in [6, 6.07) is 4.36. The summed E-state index contributed by atoms with van der Waals surface area (Å²) < 4.78 is 12.7. The Morgan fingerprint density at radius 2 is 2.05 bits per heavy atom. The quantitative estimate of drug-likeness (QED) is 0.755. The van der Waals surface area contributed by atoms with Gasteiger partial charge in [-0.2, -0.15) is 0 Å². The molecule has 1 aromatic rings. The molecule has 0 bridgehead atoms. The summed E-state index contributed by atoms with van der Waals surface area (Å²) in [5.41, 5.74) is 7.24. The first-order chi connectivity index (χ1) is 10.1. The normalized spacial score (nSPS) is 16.4. The lowest BCUT2D eigenvalue weighted by Crippen LogP contribution is -2.21. The van der Waals surface area contributed by atoms with Crippen LogP contribution in [0.15, 0.2) is 16.6 Å². The van der Waals surface area contributed by atoms with E-state index in [0.29, 0.717) is 12.5 Å². The maximum atomic E-state index is 6.05. The molecule has 0 aliphatic heterocycles. The van der Waals surface area contributed by atoms with Crippen LogP contribution in [-0.2, 0) is 6.42 Å². The number of rotatable bonds is 8. The Balaban J connectivity index is 2.13. The molecule has 0 spiro atoms. The van der Waals surface area contributed by atoms with Crippen LogP contribution < -0.4 is 15.2 Å². The van der Waals surface area contributed by atoms with Gasteiger partial charge in [0.2, 0.25) is 0 Å². The highest BCUT2D eigenvalue weighted by molar-refractivity contribution is 9.10. The summed E-state index contributed by atoms with van der Waals surface area (Å²) in [5, 5.41) is 0. The highest BCUT2D eigenvalue weighted by atomic mass is 79.9. The molecule has 1 aromatic carbocycles. The lowest BCUT2D eigenvalue weighted by molar-refractivity contribution is 0.173. The van der Waals surface area contributed by atoms with Crippen LogP contribution in [0, 0.1) is 5.92 Å². The minimum absolute atomic E-state index is 0.188. The second-order valence-electron chi connectivity index (χ2n) is 5.82. The van der Waals surface area contributed by atoms with E-state index in [1.54, 1.807) is 0 Å². The molecule has 118 valence electrons. The van der Waals surface area contributed by atoms with Gasteiger partial charge in [-0.3, -0.25) is 0 Å². The highest BCUT2D eigenvalue weighted by Gasteiger charge is 2.20. The Bertz CT molecular complexity index is 460. The van der Waals surface area contributed by atoms with E-state index in [9.17, 15) is 0 Å². The maximum Gasteiger partial charge on any atom is 0.175 e. The van der Waals surface area contributed by atoms with Gasteiger partial charge >= 0.3 is 0 Å².